The van der Waals surface area contributed by atoms with Gasteiger partial charge in [0.2, 0.25) is 0 Å². The summed E-state index contributed by atoms with van der Waals surface area (Å²) in [4.78, 5) is 0. The van der Waals surface area contributed by atoms with Crippen molar-refractivity contribution < 1.29 is 22.3 Å². The van der Waals surface area contributed by atoms with Crippen LogP contribution in [0.1, 0.15) is 37.4 Å². The van der Waals surface area contributed by atoms with Crippen molar-refractivity contribution in [2.75, 3.05) is 19.8 Å². The lowest BCUT2D eigenvalue weighted by Gasteiger charge is -2.20. The zero-order chi connectivity index (χ0) is 15.2. The van der Waals surface area contributed by atoms with Crippen LogP contribution in [-0.4, -0.2) is 19.8 Å². The molecule has 0 aliphatic rings. The van der Waals surface area contributed by atoms with Gasteiger partial charge in [-0.3, -0.25) is 0 Å². The van der Waals surface area contributed by atoms with E-state index in [1.54, 1.807) is 6.92 Å². The molecule has 0 heterocycles. The van der Waals surface area contributed by atoms with E-state index in [2.05, 4.69) is 5.32 Å². The maximum atomic E-state index is 14.0. The molecule has 2 nitrogen and oxygen atoms in total. The van der Waals surface area contributed by atoms with E-state index in [4.69, 9.17) is 4.74 Å². The van der Waals surface area contributed by atoms with Gasteiger partial charge in [0.25, 0.3) is 0 Å². The van der Waals surface area contributed by atoms with E-state index in [-0.39, 0.29) is 12.2 Å². The van der Waals surface area contributed by atoms with Crippen molar-refractivity contribution in [3.05, 3.63) is 35.1 Å². The number of rotatable bonds is 7. The van der Waals surface area contributed by atoms with Crippen LogP contribution in [0.25, 0.3) is 0 Å². The first-order valence-corrected chi connectivity index (χ1v) is 6.58. The number of likely N-dealkylation sites (N-methyl/N-ethyl adjacent to an activating group) is 1. The van der Waals surface area contributed by atoms with Gasteiger partial charge in [-0.05, 0) is 19.0 Å². The van der Waals surface area contributed by atoms with E-state index >= 15 is 0 Å². The number of benzene rings is 1. The van der Waals surface area contributed by atoms with Gasteiger partial charge in [0.1, 0.15) is 5.82 Å². The van der Waals surface area contributed by atoms with Crippen molar-refractivity contribution in [3.63, 3.8) is 0 Å². The van der Waals surface area contributed by atoms with E-state index in [1.807, 2.05) is 6.92 Å². The van der Waals surface area contributed by atoms with Crippen molar-refractivity contribution in [2.45, 2.75) is 32.5 Å². The second kappa shape index (κ2) is 7.59. The predicted octanol–water partition coefficient (Wildman–Crippen LogP) is 3.92. The Morgan fingerprint density at radius 1 is 1.25 bits per heavy atom. The lowest BCUT2D eigenvalue weighted by molar-refractivity contribution is -0.140. The van der Waals surface area contributed by atoms with Crippen molar-refractivity contribution in [1.82, 2.24) is 5.32 Å². The Kier molecular flexibility index (Phi) is 6.42. The second-order valence-corrected chi connectivity index (χ2v) is 4.39. The Morgan fingerprint density at radius 3 is 2.50 bits per heavy atom. The van der Waals surface area contributed by atoms with Crippen LogP contribution in [-0.2, 0) is 10.9 Å². The molecule has 6 heteroatoms. The molecule has 114 valence electrons. The highest BCUT2D eigenvalue weighted by Gasteiger charge is 2.35. The summed E-state index contributed by atoms with van der Waals surface area (Å²) in [5.41, 5.74) is -1.26. The molecule has 1 N–H and O–H groups in total. The number of nitrogens with one attached hydrogen (secondary N) is 1. The quantitative estimate of drug-likeness (QED) is 0.607. The normalized spacial score (nSPS) is 13.5. The Labute approximate surface area is 116 Å². The molecule has 1 unspecified atom stereocenters. The fraction of sp³-hybridized carbons (Fsp3) is 0.571. The van der Waals surface area contributed by atoms with Crippen LogP contribution in [0, 0.1) is 5.82 Å². The molecule has 1 atom stereocenters. The first kappa shape index (κ1) is 16.9. The molecule has 20 heavy (non-hydrogen) atoms. The minimum Gasteiger partial charge on any atom is -0.379 e. The summed E-state index contributed by atoms with van der Waals surface area (Å²) in [6, 6.07) is 2.72. The fourth-order valence-corrected chi connectivity index (χ4v) is 1.89. The maximum Gasteiger partial charge on any atom is 0.419 e. The SMILES string of the molecule is CCCOCC(NCC)c1cccc(C(F)(F)F)c1F. The summed E-state index contributed by atoms with van der Waals surface area (Å²) in [6.45, 7) is 4.86. The van der Waals surface area contributed by atoms with Gasteiger partial charge in [0, 0.05) is 12.2 Å². The zero-order valence-corrected chi connectivity index (χ0v) is 11.6. The third kappa shape index (κ3) is 4.45. The first-order valence-electron chi connectivity index (χ1n) is 6.58. The third-order valence-corrected chi connectivity index (χ3v) is 2.79. The highest BCUT2D eigenvalue weighted by atomic mass is 19.4. The monoisotopic (exact) mass is 293 g/mol. The predicted molar refractivity (Wildman–Crippen MR) is 68.9 cm³/mol. The topological polar surface area (TPSA) is 21.3 Å². The summed E-state index contributed by atoms with van der Waals surface area (Å²) in [5, 5.41) is 2.94. The first-order chi connectivity index (χ1) is 9.41. The van der Waals surface area contributed by atoms with Gasteiger partial charge in [-0.2, -0.15) is 13.2 Å². The average Bonchev–Trinajstić information content (AvgIpc) is 2.37. The summed E-state index contributed by atoms with van der Waals surface area (Å²) < 4.78 is 57.4. The molecule has 0 bridgehead atoms. The summed E-state index contributed by atoms with van der Waals surface area (Å²) in [7, 11) is 0. The Balaban J connectivity index is 3.01. The van der Waals surface area contributed by atoms with Crippen LogP contribution in [0.5, 0.6) is 0 Å². The number of halogens is 4. The van der Waals surface area contributed by atoms with Crippen molar-refractivity contribution in [3.8, 4) is 0 Å². The summed E-state index contributed by atoms with van der Waals surface area (Å²) in [5.74, 6) is -1.23. The molecule has 0 saturated heterocycles. The molecule has 1 aromatic rings. The van der Waals surface area contributed by atoms with Gasteiger partial charge in [0.05, 0.1) is 18.2 Å². The van der Waals surface area contributed by atoms with E-state index in [0.717, 1.165) is 12.5 Å². The number of hydrogen-bond donors (Lipinski definition) is 1. The van der Waals surface area contributed by atoms with E-state index in [1.165, 1.54) is 12.1 Å². The highest BCUT2D eigenvalue weighted by Crippen LogP contribution is 2.33. The molecule has 0 aliphatic heterocycles. The molecular formula is C14H19F4NO. The Hall–Kier alpha value is -1.14. The average molecular weight is 293 g/mol. The lowest BCUT2D eigenvalue weighted by Crippen LogP contribution is -2.27. The highest BCUT2D eigenvalue weighted by molar-refractivity contribution is 5.30. The molecule has 0 fully saturated rings. The van der Waals surface area contributed by atoms with Gasteiger partial charge in [0.15, 0.2) is 0 Å². The molecule has 0 radical (unpaired) electrons. The van der Waals surface area contributed by atoms with Gasteiger partial charge < -0.3 is 10.1 Å². The lowest BCUT2D eigenvalue weighted by atomic mass is 10.0. The molecule has 1 rings (SSSR count). The van der Waals surface area contributed by atoms with Crippen molar-refractivity contribution in [1.29, 1.82) is 0 Å². The fourth-order valence-electron chi connectivity index (χ4n) is 1.89. The smallest absolute Gasteiger partial charge is 0.379 e. The standard InChI is InChI=1S/C14H19F4NO/c1-3-8-20-9-12(19-4-2)10-6-5-7-11(13(10)15)14(16,17)18/h5-7,12,19H,3-4,8-9H2,1-2H3. The molecule has 0 aliphatic carbocycles. The van der Waals surface area contributed by atoms with Crippen LogP contribution in [0.15, 0.2) is 18.2 Å². The molecule has 0 saturated carbocycles. The van der Waals surface area contributed by atoms with Gasteiger partial charge in [-0.1, -0.05) is 26.0 Å². The zero-order valence-electron chi connectivity index (χ0n) is 11.6. The number of hydrogen-bond acceptors (Lipinski definition) is 2. The van der Waals surface area contributed by atoms with Crippen LogP contribution in [0.2, 0.25) is 0 Å². The van der Waals surface area contributed by atoms with Crippen LogP contribution >= 0.6 is 0 Å². The van der Waals surface area contributed by atoms with Gasteiger partial charge in [-0.25, -0.2) is 4.39 Å². The van der Waals surface area contributed by atoms with E-state index < -0.39 is 23.6 Å². The number of ether oxygens (including phenoxy) is 1. The van der Waals surface area contributed by atoms with Crippen LogP contribution < -0.4 is 5.32 Å². The Morgan fingerprint density at radius 2 is 1.95 bits per heavy atom. The molecule has 0 aromatic heterocycles. The molecular weight excluding hydrogens is 274 g/mol. The minimum atomic E-state index is -4.69. The van der Waals surface area contributed by atoms with Gasteiger partial charge >= 0.3 is 6.18 Å². The van der Waals surface area contributed by atoms with Crippen molar-refractivity contribution >= 4 is 0 Å². The van der Waals surface area contributed by atoms with Crippen LogP contribution in [0.4, 0.5) is 17.6 Å². The van der Waals surface area contributed by atoms with E-state index in [0.29, 0.717) is 13.2 Å². The second-order valence-electron chi connectivity index (χ2n) is 4.39. The van der Waals surface area contributed by atoms with Crippen LogP contribution in [0.3, 0.4) is 0 Å². The van der Waals surface area contributed by atoms with Crippen molar-refractivity contribution in [2.24, 2.45) is 0 Å². The summed E-state index contributed by atoms with van der Waals surface area (Å²) >= 11 is 0. The van der Waals surface area contributed by atoms with Gasteiger partial charge in [-0.15, -0.1) is 0 Å². The maximum absolute atomic E-state index is 14.0. The van der Waals surface area contributed by atoms with E-state index in [9.17, 15) is 17.6 Å². The number of alkyl halides is 3. The third-order valence-electron chi connectivity index (χ3n) is 2.79. The molecule has 0 amide bonds. The largest absolute Gasteiger partial charge is 0.419 e. The molecule has 0 spiro atoms. The molecule has 1 aromatic carbocycles. The Bertz CT molecular complexity index is 420. The summed E-state index contributed by atoms with van der Waals surface area (Å²) in [6.07, 6.45) is -3.90. The minimum absolute atomic E-state index is 0.0159.